The van der Waals surface area contributed by atoms with Crippen LogP contribution in [0.25, 0.3) is 0 Å². The van der Waals surface area contributed by atoms with Gasteiger partial charge in [-0.25, -0.2) is 13.1 Å². The molecule has 2 heterocycles. The molecule has 1 N–H and O–H groups in total. The van der Waals surface area contributed by atoms with Gasteiger partial charge in [0, 0.05) is 4.88 Å². The Bertz CT molecular complexity index is 513. The molecule has 0 saturated carbocycles. The normalized spacial score (nSPS) is 18.0. The van der Waals surface area contributed by atoms with Crippen LogP contribution >= 0.6 is 11.3 Å². The Balaban J connectivity index is 2.81. The lowest BCUT2D eigenvalue weighted by molar-refractivity contribution is 0.0984. The zero-order valence-electron chi connectivity index (χ0n) is 7.75. The van der Waals surface area contributed by atoms with Gasteiger partial charge in [-0.1, -0.05) is 6.92 Å². The highest BCUT2D eigenvalue weighted by atomic mass is 32.2. The summed E-state index contributed by atoms with van der Waals surface area (Å²) >= 11 is 1.17. The first-order valence-corrected chi connectivity index (χ1v) is 6.46. The summed E-state index contributed by atoms with van der Waals surface area (Å²) in [6.45, 7) is 3.75. The summed E-state index contributed by atoms with van der Waals surface area (Å²) in [5.41, 5.74) is 1.21. The fourth-order valence-corrected chi connectivity index (χ4v) is 4.44. The molecule has 1 aliphatic rings. The van der Waals surface area contributed by atoms with E-state index in [4.69, 9.17) is 0 Å². The first kappa shape index (κ1) is 9.67. The minimum absolute atomic E-state index is 0.178. The average Bonchev–Trinajstić information content (AvgIpc) is 2.50. The number of fused-ring (bicyclic) bond motifs is 1. The summed E-state index contributed by atoms with van der Waals surface area (Å²) in [5.74, 6) is -0.485. The third-order valence-corrected chi connectivity index (χ3v) is 5.23. The number of amides is 1. The lowest BCUT2D eigenvalue weighted by Crippen LogP contribution is -2.21. The number of nitrogens with one attached hydrogen (secondary N) is 1. The number of hydrogen-bond donors (Lipinski definition) is 1. The Labute approximate surface area is 86.0 Å². The van der Waals surface area contributed by atoms with Crippen molar-refractivity contribution in [2.24, 2.45) is 0 Å². The summed E-state index contributed by atoms with van der Waals surface area (Å²) in [7, 11) is -3.55. The molecule has 1 amide bonds. The van der Waals surface area contributed by atoms with E-state index in [0.717, 1.165) is 10.4 Å². The number of aryl methyl sites for hydroxylation is 1. The predicted octanol–water partition coefficient (Wildman–Crippen LogP) is 1.05. The van der Waals surface area contributed by atoms with Gasteiger partial charge in [0.15, 0.2) is 4.21 Å². The second-order valence-electron chi connectivity index (χ2n) is 3.09. The maximum atomic E-state index is 11.4. The van der Waals surface area contributed by atoms with E-state index in [0.29, 0.717) is 12.0 Å². The zero-order valence-corrected chi connectivity index (χ0v) is 9.38. The Morgan fingerprint density at radius 3 is 2.64 bits per heavy atom. The highest BCUT2D eigenvalue weighted by molar-refractivity contribution is 7.92. The molecule has 1 aromatic rings. The van der Waals surface area contributed by atoms with E-state index in [1.165, 1.54) is 11.3 Å². The zero-order chi connectivity index (χ0) is 10.5. The van der Waals surface area contributed by atoms with E-state index in [1.54, 1.807) is 0 Å². The third-order valence-electron chi connectivity index (χ3n) is 2.23. The van der Waals surface area contributed by atoms with E-state index in [1.807, 2.05) is 18.6 Å². The van der Waals surface area contributed by atoms with Gasteiger partial charge in [-0.3, -0.25) is 4.79 Å². The van der Waals surface area contributed by atoms with Gasteiger partial charge >= 0.3 is 0 Å². The van der Waals surface area contributed by atoms with Crippen molar-refractivity contribution in [1.29, 1.82) is 0 Å². The van der Waals surface area contributed by atoms with Gasteiger partial charge in [0.2, 0.25) is 0 Å². The van der Waals surface area contributed by atoms with Gasteiger partial charge in [-0.2, -0.15) is 0 Å². The fraction of sp³-hybridized carbons (Fsp3) is 0.375. The second kappa shape index (κ2) is 2.80. The molecule has 6 heteroatoms. The minimum atomic E-state index is -3.55. The van der Waals surface area contributed by atoms with Crippen LogP contribution in [0.3, 0.4) is 0 Å². The van der Waals surface area contributed by atoms with E-state index in [9.17, 15) is 13.2 Å². The van der Waals surface area contributed by atoms with E-state index >= 15 is 0 Å². The largest absolute Gasteiger partial charge is 0.274 e. The molecular weight excluding hydrogens is 222 g/mol. The number of thiophene rings is 1. The molecule has 14 heavy (non-hydrogen) atoms. The topological polar surface area (TPSA) is 63.2 Å². The molecule has 0 saturated heterocycles. The Morgan fingerprint density at radius 1 is 1.43 bits per heavy atom. The van der Waals surface area contributed by atoms with Crippen LogP contribution in [0.1, 0.15) is 27.7 Å². The molecule has 1 aromatic heterocycles. The highest BCUT2D eigenvalue weighted by Crippen LogP contribution is 2.35. The van der Waals surface area contributed by atoms with Gasteiger partial charge < -0.3 is 0 Å². The minimum Gasteiger partial charge on any atom is -0.268 e. The molecule has 0 spiro atoms. The third kappa shape index (κ3) is 1.10. The van der Waals surface area contributed by atoms with Crippen LogP contribution in [-0.2, 0) is 16.4 Å². The van der Waals surface area contributed by atoms with Gasteiger partial charge in [0.05, 0.1) is 5.56 Å². The first-order valence-electron chi connectivity index (χ1n) is 4.16. The summed E-state index contributed by atoms with van der Waals surface area (Å²) in [6, 6.07) is 0. The molecule has 0 unspecified atom stereocenters. The molecule has 76 valence electrons. The standard InChI is InChI=1S/C8H9NO3S2/c1-3-5-4(2)13-8-6(5)7(10)9-14(8,11)12/h3H2,1-2H3,(H,9,10). The lowest BCUT2D eigenvalue weighted by atomic mass is 10.1. The summed E-state index contributed by atoms with van der Waals surface area (Å²) in [6.07, 6.45) is 0.681. The second-order valence-corrected chi connectivity index (χ2v) is 6.19. The van der Waals surface area contributed by atoms with Gasteiger partial charge in [-0.05, 0) is 18.9 Å². The summed E-state index contributed by atoms with van der Waals surface area (Å²) in [5, 5.41) is 0. The SMILES string of the molecule is CCc1c(C)sc2c1C(=O)NS2(=O)=O. The van der Waals surface area contributed by atoms with Crippen molar-refractivity contribution < 1.29 is 13.2 Å². The number of hydrogen-bond acceptors (Lipinski definition) is 4. The monoisotopic (exact) mass is 231 g/mol. The Kier molecular flexibility index (Phi) is 1.94. The van der Waals surface area contributed by atoms with Gasteiger partial charge in [0.25, 0.3) is 15.9 Å². The lowest BCUT2D eigenvalue weighted by Gasteiger charge is -1.96. The summed E-state index contributed by atoms with van der Waals surface area (Å²) < 4.78 is 25.0. The molecular formula is C8H9NO3S2. The van der Waals surface area contributed by atoms with Crippen LogP contribution in [-0.4, -0.2) is 14.3 Å². The quantitative estimate of drug-likeness (QED) is 0.785. The van der Waals surface area contributed by atoms with E-state index in [2.05, 4.69) is 0 Å². The van der Waals surface area contributed by atoms with Crippen molar-refractivity contribution in [3.63, 3.8) is 0 Å². The molecule has 0 aromatic carbocycles. The van der Waals surface area contributed by atoms with Crippen molar-refractivity contribution in [1.82, 2.24) is 4.72 Å². The van der Waals surface area contributed by atoms with Crippen LogP contribution in [0.15, 0.2) is 4.21 Å². The molecule has 0 atom stereocenters. The smallest absolute Gasteiger partial charge is 0.268 e. The van der Waals surface area contributed by atoms with Crippen molar-refractivity contribution >= 4 is 27.3 Å². The summed E-state index contributed by atoms with van der Waals surface area (Å²) in [4.78, 5) is 12.3. The first-order chi connectivity index (χ1) is 6.47. The van der Waals surface area contributed by atoms with Crippen molar-refractivity contribution in [3.8, 4) is 0 Å². The van der Waals surface area contributed by atoms with Crippen LogP contribution in [0.4, 0.5) is 0 Å². The maximum absolute atomic E-state index is 11.4. The Morgan fingerprint density at radius 2 is 2.07 bits per heavy atom. The van der Waals surface area contributed by atoms with Crippen LogP contribution in [0.5, 0.6) is 0 Å². The Hall–Kier alpha value is -0.880. The molecule has 1 aliphatic heterocycles. The molecule has 2 rings (SSSR count). The van der Waals surface area contributed by atoms with Gasteiger partial charge in [-0.15, -0.1) is 11.3 Å². The van der Waals surface area contributed by atoms with Crippen LogP contribution in [0, 0.1) is 6.92 Å². The van der Waals surface area contributed by atoms with Crippen molar-refractivity contribution in [3.05, 3.63) is 16.0 Å². The molecule has 0 radical (unpaired) electrons. The molecule has 4 nitrogen and oxygen atoms in total. The van der Waals surface area contributed by atoms with E-state index in [-0.39, 0.29) is 4.21 Å². The molecule has 0 fully saturated rings. The van der Waals surface area contributed by atoms with E-state index < -0.39 is 15.9 Å². The highest BCUT2D eigenvalue weighted by Gasteiger charge is 2.37. The van der Waals surface area contributed by atoms with Crippen molar-refractivity contribution in [2.75, 3.05) is 0 Å². The molecule has 0 bridgehead atoms. The number of carbonyl (C=O) groups excluding carboxylic acids is 1. The number of rotatable bonds is 1. The van der Waals surface area contributed by atoms with Crippen LogP contribution in [0.2, 0.25) is 0 Å². The molecule has 0 aliphatic carbocycles. The maximum Gasteiger partial charge on any atom is 0.274 e. The van der Waals surface area contributed by atoms with Gasteiger partial charge in [0.1, 0.15) is 0 Å². The average molecular weight is 231 g/mol. The predicted molar refractivity (Wildman–Crippen MR) is 53.1 cm³/mol. The van der Waals surface area contributed by atoms with Crippen molar-refractivity contribution in [2.45, 2.75) is 24.5 Å². The van der Waals surface area contributed by atoms with Crippen LogP contribution < -0.4 is 4.72 Å². The number of carbonyl (C=O) groups is 1. The number of sulfonamides is 1. The fourth-order valence-electron chi connectivity index (χ4n) is 1.62.